The van der Waals surface area contributed by atoms with Crippen molar-refractivity contribution in [3.63, 3.8) is 0 Å². The molecule has 5 rings (SSSR count). The predicted octanol–water partition coefficient (Wildman–Crippen LogP) is 5.45. The van der Waals surface area contributed by atoms with Crippen LogP contribution in [0.4, 0.5) is 10.1 Å². The molecule has 2 heterocycles. The van der Waals surface area contributed by atoms with Crippen LogP contribution in [0, 0.1) is 12.7 Å². The van der Waals surface area contributed by atoms with E-state index in [-0.39, 0.29) is 12.5 Å². The molecular weight excluding hydrogens is 433 g/mol. The lowest BCUT2D eigenvalue weighted by molar-refractivity contribution is 0.0526. The number of H-pyrrole nitrogens is 1. The van der Waals surface area contributed by atoms with Gasteiger partial charge in [-0.3, -0.25) is 14.8 Å². The van der Waals surface area contributed by atoms with Gasteiger partial charge in [-0.05, 0) is 55.8 Å². The summed E-state index contributed by atoms with van der Waals surface area (Å²) < 4.78 is 19.3. The van der Waals surface area contributed by atoms with Crippen LogP contribution in [0.3, 0.4) is 0 Å². The summed E-state index contributed by atoms with van der Waals surface area (Å²) in [6.07, 6.45) is 0. The number of hydrogen-bond donors (Lipinski definition) is 1. The maximum absolute atomic E-state index is 14.3. The minimum Gasteiger partial charge on any atom is -0.462 e. The highest BCUT2D eigenvalue weighted by Crippen LogP contribution is 2.45. The molecule has 1 amide bonds. The lowest BCUT2D eigenvalue weighted by Gasteiger charge is -2.26. The largest absolute Gasteiger partial charge is 0.462 e. The van der Waals surface area contributed by atoms with Gasteiger partial charge in [0.15, 0.2) is 0 Å². The Labute approximate surface area is 196 Å². The first kappa shape index (κ1) is 21.6. The molecule has 1 aromatic heterocycles. The number of nitrogens with one attached hydrogen (secondary N) is 1. The molecule has 0 saturated heterocycles. The Kier molecular flexibility index (Phi) is 5.45. The first-order chi connectivity index (χ1) is 16.5. The van der Waals surface area contributed by atoms with Crippen LogP contribution >= 0.6 is 0 Å². The van der Waals surface area contributed by atoms with Crippen LogP contribution in [0.15, 0.2) is 72.8 Å². The molecule has 0 fully saturated rings. The van der Waals surface area contributed by atoms with Gasteiger partial charge < -0.3 is 4.74 Å². The average Bonchev–Trinajstić information content (AvgIpc) is 3.39. The van der Waals surface area contributed by atoms with Crippen molar-refractivity contribution in [2.24, 2.45) is 0 Å². The van der Waals surface area contributed by atoms with E-state index < -0.39 is 17.8 Å². The molecule has 170 valence electrons. The molecule has 0 unspecified atom stereocenters. The van der Waals surface area contributed by atoms with E-state index in [9.17, 15) is 14.0 Å². The molecule has 6 nitrogen and oxygen atoms in total. The number of benzene rings is 3. The van der Waals surface area contributed by atoms with Gasteiger partial charge in [-0.15, -0.1) is 0 Å². The summed E-state index contributed by atoms with van der Waals surface area (Å²) in [6, 6.07) is 20.1. The Morgan fingerprint density at radius 1 is 1.09 bits per heavy atom. The van der Waals surface area contributed by atoms with Crippen molar-refractivity contribution in [3.05, 3.63) is 107 Å². The molecule has 1 aliphatic rings. The van der Waals surface area contributed by atoms with E-state index >= 15 is 0 Å². The number of carbonyl (C=O) groups excluding carboxylic acids is 2. The topological polar surface area (TPSA) is 75.3 Å². The summed E-state index contributed by atoms with van der Waals surface area (Å²) in [5.41, 5.74) is 5.24. The van der Waals surface area contributed by atoms with E-state index in [2.05, 4.69) is 10.2 Å². The highest BCUT2D eigenvalue weighted by molar-refractivity contribution is 6.12. The van der Waals surface area contributed by atoms with Crippen LogP contribution < -0.4 is 4.90 Å². The summed E-state index contributed by atoms with van der Waals surface area (Å²) in [7, 11) is 0. The lowest BCUT2D eigenvalue weighted by Crippen LogP contribution is -2.29. The monoisotopic (exact) mass is 455 g/mol. The van der Waals surface area contributed by atoms with Gasteiger partial charge in [-0.25, -0.2) is 9.18 Å². The van der Waals surface area contributed by atoms with Crippen LogP contribution in [0.2, 0.25) is 0 Å². The van der Waals surface area contributed by atoms with Gasteiger partial charge >= 0.3 is 5.97 Å². The normalized spacial score (nSPS) is 14.9. The number of aromatic amines is 1. The van der Waals surface area contributed by atoms with E-state index in [1.807, 2.05) is 31.2 Å². The second kappa shape index (κ2) is 8.59. The van der Waals surface area contributed by atoms with Crippen LogP contribution in [0.25, 0.3) is 11.3 Å². The summed E-state index contributed by atoms with van der Waals surface area (Å²) in [5.74, 6) is -1.10. The van der Waals surface area contributed by atoms with Crippen LogP contribution in [0.1, 0.15) is 50.5 Å². The molecular formula is C27H22FN3O3. The summed E-state index contributed by atoms with van der Waals surface area (Å²) in [5, 5.41) is 7.35. The molecule has 1 N–H and O–H groups in total. The fourth-order valence-corrected chi connectivity index (χ4v) is 4.31. The Hall–Kier alpha value is -4.26. The summed E-state index contributed by atoms with van der Waals surface area (Å²) >= 11 is 0. The Morgan fingerprint density at radius 3 is 2.50 bits per heavy atom. The van der Waals surface area contributed by atoms with Crippen molar-refractivity contribution in [1.82, 2.24) is 10.2 Å². The van der Waals surface area contributed by atoms with Crippen LogP contribution in [-0.4, -0.2) is 28.7 Å². The van der Waals surface area contributed by atoms with E-state index in [0.717, 1.165) is 11.1 Å². The molecule has 1 aliphatic heterocycles. The van der Waals surface area contributed by atoms with Gasteiger partial charge in [0.25, 0.3) is 5.91 Å². The number of amides is 1. The van der Waals surface area contributed by atoms with Gasteiger partial charge in [-0.2, -0.15) is 5.10 Å². The fourth-order valence-electron chi connectivity index (χ4n) is 4.31. The molecule has 3 aromatic carbocycles. The van der Waals surface area contributed by atoms with E-state index in [1.165, 1.54) is 12.1 Å². The number of aryl methyl sites for hydroxylation is 1. The SMILES string of the molecule is CCOC(=O)c1ccc(N2C(=O)c3[nH]nc(-c4ccc(C)cc4)c3[C@@H]2c2cccc(F)c2)cc1. The zero-order valence-electron chi connectivity index (χ0n) is 18.7. The molecule has 7 heteroatoms. The molecule has 1 atom stereocenters. The second-order valence-corrected chi connectivity index (χ2v) is 8.13. The van der Waals surface area contributed by atoms with Gasteiger partial charge in [0.1, 0.15) is 11.5 Å². The molecule has 4 aromatic rings. The van der Waals surface area contributed by atoms with Gasteiger partial charge in [-0.1, -0.05) is 42.0 Å². The van der Waals surface area contributed by atoms with Crippen molar-refractivity contribution < 1.29 is 18.7 Å². The first-order valence-electron chi connectivity index (χ1n) is 11.0. The highest BCUT2D eigenvalue weighted by atomic mass is 19.1. The van der Waals surface area contributed by atoms with Crippen molar-refractivity contribution in [3.8, 4) is 11.3 Å². The Morgan fingerprint density at radius 2 is 1.82 bits per heavy atom. The van der Waals surface area contributed by atoms with Gasteiger partial charge in [0.2, 0.25) is 0 Å². The van der Waals surface area contributed by atoms with E-state index in [1.54, 1.807) is 48.2 Å². The predicted molar refractivity (Wildman–Crippen MR) is 126 cm³/mol. The number of nitrogens with zero attached hydrogens (tertiary/aromatic N) is 2. The maximum Gasteiger partial charge on any atom is 0.338 e. The molecule has 0 bridgehead atoms. The highest BCUT2D eigenvalue weighted by Gasteiger charge is 2.43. The third-order valence-electron chi connectivity index (χ3n) is 5.91. The molecule has 0 aliphatic carbocycles. The van der Waals surface area contributed by atoms with Crippen molar-refractivity contribution in [2.75, 3.05) is 11.5 Å². The summed E-state index contributed by atoms with van der Waals surface area (Å²) in [6.45, 7) is 4.02. The number of rotatable bonds is 5. The molecule has 0 saturated carbocycles. The lowest BCUT2D eigenvalue weighted by atomic mass is 9.95. The van der Waals surface area contributed by atoms with E-state index in [0.29, 0.717) is 33.8 Å². The average molecular weight is 455 g/mol. The zero-order chi connectivity index (χ0) is 23.8. The molecule has 34 heavy (non-hydrogen) atoms. The third kappa shape index (κ3) is 3.65. The van der Waals surface area contributed by atoms with Crippen molar-refractivity contribution in [1.29, 1.82) is 0 Å². The van der Waals surface area contributed by atoms with Crippen molar-refractivity contribution in [2.45, 2.75) is 19.9 Å². The van der Waals surface area contributed by atoms with Crippen LogP contribution in [0.5, 0.6) is 0 Å². The molecule has 0 spiro atoms. The maximum atomic E-state index is 14.3. The Bertz CT molecular complexity index is 1380. The quantitative estimate of drug-likeness (QED) is 0.406. The Balaban J connectivity index is 1.64. The van der Waals surface area contributed by atoms with Gasteiger partial charge in [0, 0.05) is 16.8 Å². The van der Waals surface area contributed by atoms with E-state index in [4.69, 9.17) is 4.74 Å². The first-order valence-corrected chi connectivity index (χ1v) is 11.0. The molecule has 0 radical (unpaired) electrons. The minimum absolute atomic E-state index is 0.274. The third-order valence-corrected chi connectivity index (χ3v) is 5.91. The summed E-state index contributed by atoms with van der Waals surface area (Å²) in [4.78, 5) is 27.2. The number of fused-ring (bicyclic) bond motifs is 1. The number of hydrogen-bond acceptors (Lipinski definition) is 4. The minimum atomic E-state index is -0.596. The van der Waals surface area contributed by atoms with Crippen molar-refractivity contribution >= 4 is 17.6 Å². The zero-order valence-corrected chi connectivity index (χ0v) is 18.7. The smallest absolute Gasteiger partial charge is 0.338 e. The van der Waals surface area contributed by atoms with Crippen LogP contribution in [-0.2, 0) is 4.74 Å². The van der Waals surface area contributed by atoms with Gasteiger partial charge in [0.05, 0.1) is 23.9 Å². The number of anilines is 1. The standard InChI is InChI=1S/C27H22FN3O3/c1-3-34-27(33)18-11-13-21(14-12-18)31-25(19-5-4-6-20(28)15-19)22-23(29-30-24(22)26(31)32)17-9-7-16(2)8-10-17/h4-15,25H,3H2,1-2H3,(H,29,30)/t25-/m0/s1. The number of aromatic nitrogens is 2. The number of ether oxygens (including phenoxy) is 1. The second-order valence-electron chi connectivity index (χ2n) is 8.13. The number of esters is 1. The fraction of sp³-hybridized carbons (Fsp3) is 0.148. The number of carbonyl (C=O) groups is 2. The number of halogens is 1.